The fourth-order valence-corrected chi connectivity index (χ4v) is 3.39. The molecule has 1 aromatic carbocycles. The Balaban J connectivity index is 0.00000208. The van der Waals surface area contributed by atoms with Crippen LogP contribution in [0.5, 0.6) is 0 Å². The minimum Gasteiger partial charge on any atom is -0.353 e. The van der Waals surface area contributed by atoms with Gasteiger partial charge in [-0.25, -0.2) is 9.37 Å². The quantitative estimate of drug-likeness (QED) is 0.429. The number of nitrogens with one attached hydrogen (secondary N) is 1. The Morgan fingerprint density at radius 2 is 2.21 bits per heavy atom. The molecule has 1 heterocycles. The summed E-state index contributed by atoms with van der Waals surface area (Å²) in [4.78, 5) is 10.9. The molecular weight excluding hydrogens is 438 g/mol. The number of nitrogens with zero attached hydrogens (tertiary/aromatic N) is 3. The predicted molar refractivity (Wildman–Crippen MR) is 108 cm³/mol. The van der Waals surface area contributed by atoms with Crippen LogP contribution in [-0.2, 0) is 6.54 Å². The summed E-state index contributed by atoms with van der Waals surface area (Å²) in [6.45, 7) is 2.71. The van der Waals surface area contributed by atoms with Gasteiger partial charge in [-0.2, -0.15) is 0 Å². The minimum absolute atomic E-state index is 0. The maximum atomic E-state index is 13.8. The monoisotopic (exact) mass is 460 g/mol. The van der Waals surface area contributed by atoms with E-state index < -0.39 is 0 Å². The first-order chi connectivity index (χ1) is 11.1. The van der Waals surface area contributed by atoms with Crippen LogP contribution in [0.3, 0.4) is 0 Å². The second-order valence-corrected chi connectivity index (χ2v) is 6.94. The van der Waals surface area contributed by atoms with Crippen molar-refractivity contribution in [1.82, 2.24) is 15.2 Å². The van der Waals surface area contributed by atoms with Crippen molar-refractivity contribution in [2.45, 2.75) is 31.8 Å². The summed E-state index contributed by atoms with van der Waals surface area (Å²) >= 11 is 1.65. The van der Waals surface area contributed by atoms with Crippen LogP contribution in [0.15, 0.2) is 34.6 Å². The molecule has 4 nitrogen and oxygen atoms in total. The third-order valence-corrected chi connectivity index (χ3v) is 4.87. The maximum Gasteiger partial charge on any atom is 0.193 e. The number of aryl methyl sites for hydroxylation is 1. The van der Waals surface area contributed by atoms with Gasteiger partial charge < -0.3 is 10.2 Å². The molecular formula is C17H22FIN4S. The van der Waals surface area contributed by atoms with Gasteiger partial charge in [0.2, 0.25) is 0 Å². The zero-order valence-electron chi connectivity index (χ0n) is 14.0. The third-order valence-electron chi connectivity index (χ3n) is 4.05. The number of rotatable bonds is 4. The number of benzene rings is 1. The summed E-state index contributed by atoms with van der Waals surface area (Å²) in [6, 6.07) is 7.25. The Bertz CT molecular complexity index is 718. The zero-order chi connectivity index (χ0) is 16.4. The minimum atomic E-state index is -0.122. The smallest absolute Gasteiger partial charge is 0.193 e. The lowest BCUT2D eigenvalue weighted by Crippen LogP contribution is -2.40. The van der Waals surface area contributed by atoms with Gasteiger partial charge in [0, 0.05) is 31.4 Å². The molecule has 130 valence electrons. The highest BCUT2D eigenvalue weighted by Gasteiger charge is 2.40. The number of hydrogen-bond donors (Lipinski definition) is 1. The van der Waals surface area contributed by atoms with Gasteiger partial charge in [0.15, 0.2) is 5.96 Å². The Morgan fingerprint density at radius 3 is 2.83 bits per heavy atom. The lowest BCUT2D eigenvalue weighted by molar-refractivity contribution is 0.469. The first-order valence-corrected chi connectivity index (χ1v) is 8.56. The van der Waals surface area contributed by atoms with E-state index in [1.165, 1.54) is 6.07 Å². The van der Waals surface area contributed by atoms with Gasteiger partial charge in [-0.1, -0.05) is 18.2 Å². The summed E-state index contributed by atoms with van der Waals surface area (Å²) in [5, 5.41) is 6.56. The molecule has 3 rings (SSSR count). The fourth-order valence-electron chi connectivity index (χ4n) is 2.78. The van der Waals surface area contributed by atoms with Crippen LogP contribution in [0.25, 0.3) is 0 Å². The Kier molecular flexibility index (Phi) is 6.56. The van der Waals surface area contributed by atoms with Crippen LogP contribution in [-0.4, -0.2) is 36.0 Å². The van der Waals surface area contributed by atoms with E-state index in [2.05, 4.69) is 20.7 Å². The van der Waals surface area contributed by atoms with E-state index in [4.69, 9.17) is 0 Å². The van der Waals surface area contributed by atoms with E-state index >= 15 is 0 Å². The van der Waals surface area contributed by atoms with Crippen molar-refractivity contribution in [2.24, 2.45) is 4.99 Å². The molecule has 0 radical (unpaired) electrons. The normalized spacial score (nSPS) is 19.6. The van der Waals surface area contributed by atoms with Crippen molar-refractivity contribution >= 4 is 41.3 Å². The molecule has 1 aliphatic carbocycles. The molecule has 0 bridgehead atoms. The van der Waals surface area contributed by atoms with Crippen molar-refractivity contribution in [3.05, 3.63) is 51.7 Å². The first kappa shape index (κ1) is 19.1. The molecule has 0 aliphatic heterocycles. The van der Waals surface area contributed by atoms with Crippen molar-refractivity contribution in [1.29, 1.82) is 0 Å². The molecule has 24 heavy (non-hydrogen) atoms. The zero-order valence-corrected chi connectivity index (χ0v) is 17.1. The van der Waals surface area contributed by atoms with Crippen LogP contribution >= 0.6 is 35.3 Å². The molecule has 2 unspecified atom stereocenters. The molecule has 0 amide bonds. The summed E-state index contributed by atoms with van der Waals surface area (Å²) in [7, 11) is 3.76. The van der Waals surface area contributed by atoms with Gasteiger partial charge in [-0.05, 0) is 25.0 Å². The molecule has 1 N–H and O–H groups in total. The molecule has 2 aromatic rings. The number of guanidine groups is 1. The Hall–Kier alpha value is -1.22. The Morgan fingerprint density at radius 1 is 1.46 bits per heavy atom. The third kappa shape index (κ3) is 4.44. The maximum absolute atomic E-state index is 13.8. The molecule has 1 fully saturated rings. The largest absolute Gasteiger partial charge is 0.353 e. The van der Waals surface area contributed by atoms with E-state index in [1.807, 2.05) is 31.0 Å². The summed E-state index contributed by atoms with van der Waals surface area (Å²) in [5.41, 5.74) is 1.83. The van der Waals surface area contributed by atoms with Crippen LogP contribution in [0.2, 0.25) is 0 Å². The lowest BCUT2D eigenvalue weighted by Gasteiger charge is -2.21. The van der Waals surface area contributed by atoms with Gasteiger partial charge in [-0.15, -0.1) is 35.3 Å². The van der Waals surface area contributed by atoms with Crippen molar-refractivity contribution in [3.63, 3.8) is 0 Å². The molecule has 1 aliphatic rings. The highest BCUT2D eigenvalue weighted by atomic mass is 127. The Labute approximate surface area is 163 Å². The van der Waals surface area contributed by atoms with Crippen molar-refractivity contribution in [3.8, 4) is 0 Å². The second-order valence-electron chi connectivity index (χ2n) is 5.88. The molecule has 0 saturated heterocycles. The first-order valence-electron chi connectivity index (χ1n) is 7.68. The van der Waals surface area contributed by atoms with Crippen LogP contribution < -0.4 is 5.32 Å². The van der Waals surface area contributed by atoms with Gasteiger partial charge in [0.05, 0.1) is 17.2 Å². The highest BCUT2D eigenvalue weighted by molar-refractivity contribution is 14.0. The number of hydrogen-bond acceptors (Lipinski definition) is 3. The molecule has 0 spiro atoms. The topological polar surface area (TPSA) is 40.5 Å². The predicted octanol–water partition coefficient (Wildman–Crippen LogP) is 3.77. The van der Waals surface area contributed by atoms with E-state index in [1.54, 1.807) is 24.5 Å². The van der Waals surface area contributed by atoms with E-state index in [0.29, 0.717) is 6.54 Å². The van der Waals surface area contributed by atoms with E-state index in [9.17, 15) is 4.39 Å². The summed E-state index contributed by atoms with van der Waals surface area (Å²) < 4.78 is 13.8. The molecule has 7 heteroatoms. The average molecular weight is 460 g/mol. The van der Waals surface area contributed by atoms with E-state index in [-0.39, 0.29) is 41.8 Å². The SMILES string of the molecule is CN=C(NC1CC1c1ccccc1F)N(C)Cc1csc(C)n1.I. The summed E-state index contributed by atoms with van der Waals surface area (Å²) in [6.07, 6.45) is 0.934. The lowest BCUT2D eigenvalue weighted by atomic mass is 10.1. The molecule has 1 aromatic heterocycles. The molecule has 1 saturated carbocycles. The fraction of sp³-hybridized carbons (Fsp3) is 0.412. The van der Waals surface area contributed by atoms with Crippen LogP contribution in [0.4, 0.5) is 4.39 Å². The van der Waals surface area contributed by atoms with Crippen LogP contribution in [0.1, 0.15) is 28.6 Å². The second kappa shape index (κ2) is 8.24. The number of aliphatic imine (C=N–C) groups is 1. The van der Waals surface area contributed by atoms with E-state index in [0.717, 1.165) is 28.6 Å². The van der Waals surface area contributed by atoms with Gasteiger partial charge in [0.25, 0.3) is 0 Å². The van der Waals surface area contributed by atoms with Gasteiger partial charge in [-0.3, -0.25) is 4.99 Å². The van der Waals surface area contributed by atoms with Crippen molar-refractivity contribution in [2.75, 3.05) is 14.1 Å². The number of aromatic nitrogens is 1. The summed E-state index contributed by atoms with van der Waals surface area (Å²) in [5.74, 6) is 0.922. The van der Waals surface area contributed by atoms with Gasteiger partial charge in [0.1, 0.15) is 5.82 Å². The highest BCUT2D eigenvalue weighted by Crippen LogP contribution is 2.41. The molecule has 2 atom stereocenters. The van der Waals surface area contributed by atoms with Crippen molar-refractivity contribution < 1.29 is 4.39 Å². The number of halogens is 2. The standard InChI is InChI=1S/C17H21FN4S.HI/c1-11-20-12(10-23-11)9-22(3)17(19-2)21-16-8-14(16)13-6-4-5-7-15(13)18;/h4-7,10,14,16H,8-9H2,1-3H3,(H,19,21);1H. The number of thiazole rings is 1. The van der Waals surface area contributed by atoms with Crippen LogP contribution in [0, 0.1) is 12.7 Å². The van der Waals surface area contributed by atoms with Gasteiger partial charge >= 0.3 is 0 Å². The average Bonchev–Trinajstić information content (AvgIpc) is 3.18.